The number of rotatable bonds is 5. The Balaban J connectivity index is 1.70. The first-order valence-corrected chi connectivity index (χ1v) is 6.22. The number of primary amides is 1. The Labute approximate surface area is 111 Å². The van der Waals surface area contributed by atoms with E-state index in [0.29, 0.717) is 13.1 Å². The molecule has 98 valence electrons. The van der Waals surface area contributed by atoms with Crippen molar-refractivity contribution in [2.24, 2.45) is 5.73 Å². The topological polar surface area (TPSA) is 76.4 Å². The largest absolute Gasteiger partial charge is 0.488 e. The van der Waals surface area contributed by atoms with Crippen LogP contribution in [0.4, 0.5) is 4.79 Å². The molecule has 0 aromatic heterocycles. The van der Waals surface area contributed by atoms with Crippen LogP contribution in [0.25, 0.3) is 0 Å². The Hall–Kier alpha value is -1.46. The van der Waals surface area contributed by atoms with Crippen molar-refractivity contribution in [1.29, 1.82) is 0 Å². The fourth-order valence-corrected chi connectivity index (χ4v) is 2.13. The number of nitrogens with one attached hydrogen (secondary N) is 2. The first-order chi connectivity index (χ1) is 8.65. The lowest BCUT2D eigenvalue weighted by Gasteiger charge is -2.11. The zero-order chi connectivity index (χ0) is 13.0. The number of benzene rings is 1. The molecule has 6 heteroatoms. The Morgan fingerprint density at radius 1 is 1.50 bits per heavy atom. The van der Waals surface area contributed by atoms with Crippen molar-refractivity contribution >= 4 is 17.6 Å². The minimum Gasteiger partial charge on any atom is -0.488 e. The van der Waals surface area contributed by atoms with Crippen LogP contribution in [0.15, 0.2) is 18.2 Å². The predicted molar refractivity (Wildman–Crippen MR) is 70.0 cm³/mol. The number of urea groups is 1. The van der Waals surface area contributed by atoms with Crippen molar-refractivity contribution < 1.29 is 9.53 Å². The van der Waals surface area contributed by atoms with Crippen LogP contribution in [0.3, 0.4) is 0 Å². The van der Waals surface area contributed by atoms with E-state index in [4.69, 9.17) is 22.1 Å². The molecule has 0 saturated heterocycles. The van der Waals surface area contributed by atoms with Crippen molar-refractivity contribution in [1.82, 2.24) is 10.6 Å². The van der Waals surface area contributed by atoms with Gasteiger partial charge in [0.05, 0.1) is 0 Å². The van der Waals surface area contributed by atoms with Crippen LogP contribution in [0.2, 0.25) is 5.02 Å². The average molecular weight is 270 g/mol. The minimum atomic E-state index is -0.504. The molecule has 4 N–H and O–H groups in total. The summed E-state index contributed by atoms with van der Waals surface area (Å²) in [7, 11) is 0. The number of ether oxygens (including phenoxy) is 1. The molecule has 1 aromatic carbocycles. The molecule has 2 rings (SSSR count). The molecule has 5 nitrogen and oxygen atoms in total. The molecule has 0 bridgehead atoms. The molecule has 1 heterocycles. The summed E-state index contributed by atoms with van der Waals surface area (Å²) in [6.07, 6.45) is 0.971. The summed E-state index contributed by atoms with van der Waals surface area (Å²) in [5, 5.41) is 6.45. The fraction of sp³-hybridized carbons (Fsp3) is 0.417. The summed E-state index contributed by atoms with van der Waals surface area (Å²) in [5.74, 6) is 0.904. The van der Waals surface area contributed by atoms with Gasteiger partial charge in [0.1, 0.15) is 11.9 Å². The smallest absolute Gasteiger partial charge is 0.312 e. The predicted octanol–water partition coefficient (Wildman–Crippen LogP) is 0.901. The summed E-state index contributed by atoms with van der Waals surface area (Å²) in [6.45, 7) is 1.91. The molecule has 0 fully saturated rings. The van der Waals surface area contributed by atoms with Crippen molar-refractivity contribution in [2.75, 3.05) is 19.6 Å². The molecule has 1 atom stereocenters. The highest BCUT2D eigenvalue weighted by molar-refractivity contribution is 6.30. The molecule has 2 amide bonds. The Kier molecular flexibility index (Phi) is 4.28. The number of fused-ring (bicyclic) bond motifs is 1. The fourth-order valence-electron chi connectivity index (χ4n) is 1.94. The first-order valence-electron chi connectivity index (χ1n) is 5.84. The van der Waals surface area contributed by atoms with Gasteiger partial charge in [-0.25, -0.2) is 4.79 Å². The number of carbonyl (C=O) groups is 1. The molecule has 1 unspecified atom stereocenters. The SMILES string of the molecule is NC(=O)NCCNCC1Cc2cc(Cl)ccc2O1. The van der Waals surface area contributed by atoms with Gasteiger partial charge in [-0.3, -0.25) is 0 Å². The van der Waals surface area contributed by atoms with Gasteiger partial charge in [0, 0.05) is 31.1 Å². The second-order valence-corrected chi connectivity index (χ2v) is 4.63. The van der Waals surface area contributed by atoms with Crippen molar-refractivity contribution in [3.8, 4) is 5.75 Å². The third-order valence-corrected chi connectivity index (χ3v) is 2.97. The van der Waals surface area contributed by atoms with Gasteiger partial charge in [0.25, 0.3) is 0 Å². The lowest BCUT2D eigenvalue weighted by atomic mass is 10.1. The zero-order valence-corrected chi connectivity index (χ0v) is 10.7. The Bertz CT molecular complexity index is 439. The molecular weight excluding hydrogens is 254 g/mol. The van der Waals surface area contributed by atoms with Crippen LogP contribution in [0.1, 0.15) is 5.56 Å². The van der Waals surface area contributed by atoms with Crippen LogP contribution < -0.4 is 21.1 Å². The highest BCUT2D eigenvalue weighted by atomic mass is 35.5. The lowest BCUT2D eigenvalue weighted by molar-refractivity contribution is 0.227. The maximum Gasteiger partial charge on any atom is 0.312 e. The van der Waals surface area contributed by atoms with Gasteiger partial charge in [-0.15, -0.1) is 0 Å². The molecule has 1 aromatic rings. The second-order valence-electron chi connectivity index (χ2n) is 4.19. The normalized spacial score (nSPS) is 17.1. The maximum absolute atomic E-state index is 10.4. The number of hydrogen-bond acceptors (Lipinski definition) is 3. The van der Waals surface area contributed by atoms with Gasteiger partial charge in [-0.2, -0.15) is 0 Å². The highest BCUT2D eigenvalue weighted by Gasteiger charge is 2.22. The summed E-state index contributed by atoms with van der Waals surface area (Å²) in [6, 6.07) is 5.15. The third-order valence-electron chi connectivity index (χ3n) is 2.74. The van der Waals surface area contributed by atoms with Gasteiger partial charge in [-0.1, -0.05) is 11.6 Å². The van der Waals surface area contributed by atoms with Crippen LogP contribution in [0, 0.1) is 0 Å². The standard InChI is InChI=1S/C12H16ClN3O2/c13-9-1-2-11-8(5-9)6-10(18-11)7-15-3-4-16-12(14)17/h1-2,5,10,15H,3-4,6-7H2,(H3,14,16,17). The van der Waals surface area contributed by atoms with Crippen molar-refractivity contribution in [3.63, 3.8) is 0 Å². The minimum absolute atomic E-state index is 0.118. The molecular formula is C12H16ClN3O2. The lowest BCUT2D eigenvalue weighted by Crippen LogP contribution is -2.38. The number of amides is 2. The first kappa shape index (κ1) is 13.0. The Morgan fingerprint density at radius 2 is 2.33 bits per heavy atom. The monoisotopic (exact) mass is 269 g/mol. The number of nitrogens with two attached hydrogens (primary N) is 1. The van der Waals surface area contributed by atoms with Gasteiger partial charge >= 0.3 is 6.03 Å². The summed E-state index contributed by atoms with van der Waals surface area (Å²) in [5.41, 5.74) is 6.10. The molecule has 1 aliphatic rings. The molecule has 0 spiro atoms. The van der Waals surface area contributed by atoms with Gasteiger partial charge in [-0.05, 0) is 23.8 Å². The van der Waals surface area contributed by atoms with Crippen LogP contribution >= 0.6 is 11.6 Å². The molecule has 0 aliphatic carbocycles. The Morgan fingerprint density at radius 3 is 3.11 bits per heavy atom. The summed E-state index contributed by atoms with van der Waals surface area (Å²) < 4.78 is 5.76. The highest BCUT2D eigenvalue weighted by Crippen LogP contribution is 2.30. The van der Waals surface area contributed by atoms with E-state index >= 15 is 0 Å². The quantitative estimate of drug-likeness (QED) is 0.695. The molecule has 0 radical (unpaired) electrons. The van der Waals surface area contributed by atoms with E-state index in [9.17, 15) is 4.79 Å². The van der Waals surface area contributed by atoms with Crippen molar-refractivity contribution in [3.05, 3.63) is 28.8 Å². The van der Waals surface area contributed by atoms with Gasteiger partial charge in [0.2, 0.25) is 0 Å². The number of carbonyl (C=O) groups excluding carboxylic acids is 1. The van der Waals surface area contributed by atoms with E-state index in [1.165, 1.54) is 0 Å². The van der Waals surface area contributed by atoms with E-state index < -0.39 is 6.03 Å². The third kappa shape index (κ3) is 3.51. The van der Waals surface area contributed by atoms with Crippen LogP contribution in [-0.4, -0.2) is 31.8 Å². The molecule has 1 aliphatic heterocycles. The van der Waals surface area contributed by atoms with Crippen molar-refractivity contribution in [2.45, 2.75) is 12.5 Å². The summed E-state index contributed by atoms with van der Waals surface area (Å²) in [4.78, 5) is 10.4. The van der Waals surface area contributed by atoms with E-state index in [2.05, 4.69) is 10.6 Å². The molecule has 18 heavy (non-hydrogen) atoms. The van der Waals surface area contributed by atoms with Gasteiger partial charge in [0.15, 0.2) is 0 Å². The van der Waals surface area contributed by atoms with Gasteiger partial charge < -0.3 is 21.1 Å². The average Bonchev–Trinajstić information content (AvgIpc) is 2.70. The van der Waals surface area contributed by atoms with E-state index in [-0.39, 0.29) is 6.10 Å². The number of halogens is 1. The number of hydrogen-bond donors (Lipinski definition) is 3. The maximum atomic E-state index is 10.4. The van der Waals surface area contributed by atoms with Crippen LogP contribution in [-0.2, 0) is 6.42 Å². The van der Waals surface area contributed by atoms with Crippen LogP contribution in [0.5, 0.6) is 5.75 Å². The summed E-state index contributed by atoms with van der Waals surface area (Å²) >= 11 is 5.92. The second kappa shape index (κ2) is 5.93. The van der Waals surface area contributed by atoms with E-state index in [1.54, 1.807) is 0 Å². The zero-order valence-electron chi connectivity index (χ0n) is 9.91. The van der Waals surface area contributed by atoms with E-state index in [1.807, 2.05) is 18.2 Å². The van der Waals surface area contributed by atoms with E-state index in [0.717, 1.165) is 29.3 Å². The molecule has 0 saturated carbocycles.